The third kappa shape index (κ3) is 3.32. The number of ether oxygens (including phenoxy) is 2. The van der Waals surface area contributed by atoms with Crippen LogP contribution in [-0.2, 0) is 0 Å². The molecule has 2 aromatic heterocycles. The summed E-state index contributed by atoms with van der Waals surface area (Å²) in [6.45, 7) is 0. The lowest BCUT2D eigenvalue weighted by Crippen LogP contribution is -2.12. The van der Waals surface area contributed by atoms with Crippen LogP contribution in [0.4, 0.5) is 5.69 Å². The number of hydrogen-bond donors (Lipinski definition) is 1. The van der Waals surface area contributed by atoms with Crippen molar-refractivity contribution in [2.24, 2.45) is 0 Å². The number of benzene rings is 2. The SMILES string of the molecule is COc1cccc(C(=O)Nc2cc(-c3nn4cnnc4s3)ccc2OC)c1. The predicted molar refractivity (Wildman–Crippen MR) is 102 cm³/mol. The molecule has 2 heterocycles. The largest absolute Gasteiger partial charge is 0.497 e. The van der Waals surface area contributed by atoms with Crippen molar-refractivity contribution in [2.75, 3.05) is 19.5 Å². The first-order chi connectivity index (χ1) is 13.2. The molecule has 0 spiro atoms. The number of hydrogen-bond acceptors (Lipinski definition) is 7. The summed E-state index contributed by atoms with van der Waals surface area (Å²) in [6.07, 6.45) is 1.55. The van der Waals surface area contributed by atoms with Crippen LogP contribution in [0.5, 0.6) is 11.5 Å². The second kappa shape index (κ2) is 7.04. The lowest BCUT2D eigenvalue weighted by atomic mass is 10.1. The van der Waals surface area contributed by atoms with Crippen molar-refractivity contribution in [3.63, 3.8) is 0 Å². The van der Waals surface area contributed by atoms with E-state index in [1.165, 1.54) is 11.3 Å². The lowest BCUT2D eigenvalue weighted by Gasteiger charge is -2.12. The van der Waals surface area contributed by atoms with Crippen LogP contribution in [0, 0.1) is 0 Å². The highest BCUT2D eigenvalue weighted by molar-refractivity contribution is 7.19. The fourth-order valence-electron chi connectivity index (χ4n) is 2.57. The van der Waals surface area contributed by atoms with Crippen LogP contribution in [0.15, 0.2) is 48.8 Å². The minimum Gasteiger partial charge on any atom is -0.497 e. The van der Waals surface area contributed by atoms with Gasteiger partial charge in [0.25, 0.3) is 5.91 Å². The van der Waals surface area contributed by atoms with Gasteiger partial charge < -0.3 is 14.8 Å². The zero-order valence-electron chi connectivity index (χ0n) is 14.5. The summed E-state index contributed by atoms with van der Waals surface area (Å²) in [4.78, 5) is 13.3. The molecule has 9 heteroatoms. The number of nitrogens with one attached hydrogen (secondary N) is 1. The van der Waals surface area contributed by atoms with E-state index in [-0.39, 0.29) is 5.91 Å². The van der Waals surface area contributed by atoms with Crippen LogP contribution >= 0.6 is 11.3 Å². The molecule has 4 rings (SSSR count). The molecule has 0 unspecified atom stereocenters. The topological polar surface area (TPSA) is 90.6 Å². The van der Waals surface area contributed by atoms with E-state index >= 15 is 0 Å². The van der Waals surface area contributed by atoms with E-state index in [9.17, 15) is 4.79 Å². The van der Waals surface area contributed by atoms with E-state index in [2.05, 4.69) is 20.6 Å². The summed E-state index contributed by atoms with van der Waals surface area (Å²) in [5.41, 5.74) is 1.88. The van der Waals surface area contributed by atoms with E-state index in [4.69, 9.17) is 9.47 Å². The molecule has 0 saturated heterocycles. The highest BCUT2D eigenvalue weighted by Crippen LogP contribution is 2.33. The summed E-state index contributed by atoms with van der Waals surface area (Å²) >= 11 is 1.41. The minimum absolute atomic E-state index is 0.262. The second-order valence-electron chi connectivity index (χ2n) is 5.57. The highest BCUT2D eigenvalue weighted by atomic mass is 32.1. The molecule has 136 valence electrons. The Kier molecular flexibility index (Phi) is 4.43. The van der Waals surface area contributed by atoms with Gasteiger partial charge in [-0.25, -0.2) is 0 Å². The van der Waals surface area contributed by atoms with Gasteiger partial charge in [-0.1, -0.05) is 17.4 Å². The van der Waals surface area contributed by atoms with Crippen LogP contribution in [0.3, 0.4) is 0 Å². The summed E-state index contributed by atoms with van der Waals surface area (Å²) in [6, 6.07) is 12.4. The zero-order chi connectivity index (χ0) is 18.8. The zero-order valence-corrected chi connectivity index (χ0v) is 15.4. The van der Waals surface area contributed by atoms with Crippen LogP contribution in [0.2, 0.25) is 0 Å². The Morgan fingerprint density at radius 2 is 2.04 bits per heavy atom. The molecule has 2 aromatic carbocycles. The number of nitrogens with zero attached hydrogens (tertiary/aromatic N) is 4. The smallest absolute Gasteiger partial charge is 0.255 e. The Morgan fingerprint density at radius 3 is 2.81 bits per heavy atom. The molecule has 0 radical (unpaired) electrons. The van der Waals surface area contributed by atoms with E-state index in [1.807, 2.05) is 12.1 Å². The van der Waals surface area contributed by atoms with Crippen LogP contribution in [0.1, 0.15) is 10.4 Å². The van der Waals surface area contributed by atoms with E-state index in [0.717, 1.165) is 10.6 Å². The van der Waals surface area contributed by atoms with Crippen LogP contribution in [-0.4, -0.2) is 39.9 Å². The molecule has 0 bridgehead atoms. The highest BCUT2D eigenvalue weighted by Gasteiger charge is 2.14. The van der Waals surface area contributed by atoms with Gasteiger partial charge in [-0.3, -0.25) is 4.79 Å². The minimum atomic E-state index is -0.262. The first kappa shape index (κ1) is 17.0. The molecule has 27 heavy (non-hydrogen) atoms. The molecular weight excluding hydrogens is 366 g/mol. The number of aromatic nitrogens is 4. The number of carbonyl (C=O) groups excluding carboxylic acids is 1. The van der Waals surface area contributed by atoms with Crippen molar-refractivity contribution in [3.8, 4) is 22.1 Å². The van der Waals surface area contributed by atoms with E-state index in [1.54, 1.807) is 55.4 Å². The van der Waals surface area contributed by atoms with Crippen LogP contribution in [0.25, 0.3) is 15.5 Å². The third-order valence-corrected chi connectivity index (χ3v) is 4.88. The average Bonchev–Trinajstić information content (AvgIpc) is 3.30. The number of anilines is 1. The standard InChI is InChI=1S/C18H15N5O3S/c1-25-13-5-3-4-11(8-13)16(24)20-14-9-12(6-7-15(14)26-2)17-22-23-10-19-21-18(23)27-17/h3-10H,1-2H3,(H,20,24). The quantitative estimate of drug-likeness (QED) is 0.571. The Labute approximate surface area is 158 Å². The summed E-state index contributed by atoms with van der Waals surface area (Å²) < 4.78 is 12.2. The van der Waals surface area contributed by atoms with Crippen molar-refractivity contribution >= 4 is 27.9 Å². The Morgan fingerprint density at radius 1 is 1.15 bits per heavy atom. The van der Waals surface area contributed by atoms with Gasteiger partial charge in [-0.15, -0.1) is 10.2 Å². The molecule has 0 aliphatic carbocycles. The number of amides is 1. The Balaban J connectivity index is 1.66. The monoisotopic (exact) mass is 381 g/mol. The predicted octanol–water partition coefficient (Wildman–Crippen LogP) is 3.12. The van der Waals surface area contributed by atoms with E-state index < -0.39 is 0 Å². The molecule has 8 nitrogen and oxygen atoms in total. The van der Waals surface area contributed by atoms with Crippen molar-refractivity contribution < 1.29 is 14.3 Å². The van der Waals surface area contributed by atoms with Gasteiger partial charge in [0.15, 0.2) is 0 Å². The van der Waals surface area contributed by atoms with Gasteiger partial charge in [0.2, 0.25) is 4.96 Å². The van der Waals surface area contributed by atoms with Crippen LogP contribution < -0.4 is 14.8 Å². The third-order valence-electron chi connectivity index (χ3n) is 3.91. The van der Waals surface area contributed by atoms with Crippen molar-refractivity contribution in [2.45, 2.75) is 0 Å². The Bertz CT molecular complexity index is 1090. The van der Waals surface area contributed by atoms with Crippen molar-refractivity contribution in [1.82, 2.24) is 19.8 Å². The molecule has 0 atom stereocenters. The van der Waals surface area contributed by atoms with Gasteiger partial charge in [0, 0.05) is 11.1 Å². The maximum absolute atomic E-state index is 12.6. The number of fused-ring (bicyclic) bond motifs is 1. The lowest BCUT2D eigenvalue weighted by molar-refractivity contribution is 0.102. The number of methoxy groups -OCH3 is 2. The number of rotatable bonds is 5. The van der Waals surface area contributed by atoms with Gasteiger partial charge >= 0.3 is 0 Å². The van der Waals surface area contributed by atoms with Crippen molar-refractivity contribution in [1.29, 1.82) is 0 Å². The van der Waals surface area contributed by atoms with E-state index in [0.29, 0.717) is 27.7 Å². The molecule has 0 fully saturated rings. The Hall–Kier alpha value is -3.46. The normalized spacial score (nSPS) is 10.7. The maximum Gasteiger partial charge on any atom is 0.255 e. The molecule has 1 N–H and O–H groups in total. The maximum atomic E-state index is 12.6. The fourth-order valence-corrected chi connectivity index (χ4v) is 3.39. The summed E-state index contributed by atoms with van der Waals surface area (Å²) in [5, 5.41) is 15.9. The van der Waals surface area contributed by atoms with Gasteiger partial charge in [0.05, 0.1) is 19.9 Å². The molecular formula is C18H15N5O3S. The summed E-state index contributed by atoms with van der Waals surface area (Å²) in [5.74, 6) is 0.906. The number of carbonyl (C=O) groups is 1. The fraction of sp³-hybridized carbons (Fsp3) is 0.111. The molecule has 1 amide bonds. The van der Waals surface area contributed by atoms with Gasteiger partial charge in [-0.2, -0.15) is 9.61 Å². The molecule has 0 saturated carbocycles. The summed E-state index contributed by atoms with van der Waals surface area (Å²) in [7, 11) is 3.11. The van der Waals surface area contributed by atoms with Gasteiger partial charge in [0.1, 0.15) is 22.8 Å². The second-order valence-corrected chi connectivity index (χ2v) is 6.52. The average molecular weight is 381 g/mol. The molecule has 0 aliphatic heterocycles. The first-order valence-corrected chi connectivity index (χ1v) is 8.80. The molecule has 0 aliphatic rings. The van der Waals surface area contributed by atoms with Crippen molar-refractivity contribution in [3.05, 3.63) is 54.4 Å². The molecule has 4 aromatic rings. The first-order valence-electron chi connectivity index (χ1n) is 7.98. The van der Waals surface area contributed by atoms with Gasteiger partial charge in [-0.05, 0) is 36.4 Å².